The van der Waals surface area contributed by atoms with Gasteiger partial charge >= 0.3 is 0 Å². The van der Waals surface area contributed by atoms with Crippen LogP contribution in [0.2, 0.25) is 0 Å². The maximum absolute atomic E-state index is 9.21. The summed E-state index contributed by atoms with van der Waals surface area (Å²) in [5, 5.41) is 19.2. The Hall–Kier alpha value is -1.99. The van der Waals surface area contributed by atoms with Crippen LogP contribution < -0.4 is 5.32 Å². The van der Waals surface area contributed by atoms with Crippen molar-refractivity contribution in [1.29, 1.82) is 0 Å². The standard InChI is InChI=1S/C14H19N5O2/c1-9-4-10(7-20)5-13(18-9)15-6-11-2-3-12(21-11)14-16-8-17-19-14/h4-5,8,11-12,20H,2-3,6-7H2,1H3,(H,15,18)(H,16,17,19)/t11-,12+/m1/s1. The van der Waals surface area contributed by atoms with E-state index in [-0.39, 0.29) is 18.8 Å². The third kappa shape index (κ3) is 3.37. The molecule has 0 amide bonds. The second-order valence-electron chi connectivity index (χ2n) is 5.24. The molecule has 1 aliphatic heterocycles. The van der Waals surface area contributed by atoms with Gasteiger partial charge < -0.3 is 15.2 Å². The number of aliphatic hydroxyl groups excluding tert-OH is 1. The average Bonchev–Trinajstić information content (AvgIpc) is 3.15. The molecule has 3 heterocycles. The molecule has 21 heavy (non-hydrogen) atoms. The van der Waals surface area contributed by atoms with Crippen molar-refractivity contribution in [3.63, 3.8) is 0 Å². The number of H-pyrrole nitrogens is 1. The van der Waals surface area contributed by atoms with Crippen LogP contribution in [0.5, 0.6) is 0 Å². The SMILES string of the molecule is Cc1cc(CO)cc(NC[C@H]2CC[C@@H](c3ncn[nH]3)O2)n1. The van der Waals surface area contributed by atoms with Gasteiger partial charge in [0.1, 0.15) is 18.2 Å². The van der Waals surface area contributed by atoms with Crippen LogP contribution >= 0.6 is 0 Å². The Morgan fingerprint density at radius 1 is 1.43 bits per heavy atom. The van der Waals surface area contributed by atoms with Crippen LogP contribution in [-0.2, 0) is 11.3 Å². The Morgan fingerprint density at radius 2 is 2.33 bits per heavy atom. The average molecular weight is 289 g/mol. The van der Waals surface area contributed by atoms with Crippen LogP contribution in [0.1, 0.15) is 36.0 Å². The zero-order valence-corrected chi connectivity index (χ0v) is 11.9. The molecular weight excluding hydrogens is 270 g/mol. The lowest BCUT2D eigenvalue weighted by Gasteiger charge is -2.14. The smallest absolute Gasteiger partial charge is 0.153 e. The van der Waals surface area contributed by atoms with Crippen LogP contribution in [0.3, 0.4) is 0 Å². The van der Waals surface area contributed by atoms with Crippen molar-refractivity contribution in [1.82, 2.24) is 20.2 Å². The zero-order valence-electron chi connectivity index (χ0n) is 11.9. The van der Waals surface area contributed by atoms with E-state index < -0.39 is 0 Å². The molecule has 2 aromatic rings. The highest BCUT2D eigenvalue weighted by molar-refractivity contribution is 5.39. The molecule has 1 aliphatic rings. The number of aromatic nitrogens is 4. The van der Waals surface area contributed by atoms with E-state index in [2.05, 4.69) is 25.5 Å². The van der Waals surface area contributed by atoms with Crippen LogP contribution in [-0.4, -0.2) is 37.9 Å². The quantitative estimate of drug-likeness (QED) is 0.768. The highest BCUT2D eigenvalue weighted by Crippen LogP contribution is 2.30. The van der Waals surface area contributed by atoms with E-state index in [0.717, 1.165) is 35.7 Å². The summed E-state index contributed by atoms with van der Waals surface area (Å²) in [6, 6.07) is 3.73. The Balaban J connectivity index is 1.55. The molecule has 3 N–H and O–H groups in total. The number of aromatic amines is 1. The van der Waals surface area contributed by atoms with E-state index in [0.29, 0.717) is 6.54 Å². The molecule has 0 bridgehead atoms. The number of nitrogens with zero attached hydrogens (tertiary/aromatic N) is 3. The number of aliphatic hydroxyl groups is 1. The minimum absolute atomic E-state index is 0.00206. The van der Waals surface area contributed by atoms with Gasteiger partial charge in [-0.25, -0.2) is 9.97 Å². The summed E-state index contributed by atoms with van der Waals surface area (Å²) in [5.41, 5.74) is 1.74. The van der Waals surface area contributed by atoms with Gasteiger partial charge in [0.2, 0.25) is 0 Å². The van der Waals surface area contributed by atoms with Crippen molar-refractivity contribution in [3.05, 3.63) is 35.5 Å². The summed E-state index contributed by atoms with van der Waals surface area (Å²) in [5.74, 6) is 1.56. The van der Waals surface area contributed by atoms with Gasteiger partial charge in [-0.05, 0) is 37.5 Å². The zero-order chi connectivity index (χ0) is 14.7. The minimum atomic E-state index is -0.00206. The van der Waals surface area contributed by atoms with Gasteiger partial charge in [0.05, 0.1) is 12.7 Å². The van der Waals surface area contributed by atoms with Crippen molar-refractivity contribution < 1.29 is 9.84 Å². The number of rotatable bonds is 5. The third-order valence-corrected chi connectivity index (χ3v) is 3.55. The first kappa shape index (κ1) is 14.0. The number of aryl methyl sites for hydroxylation is 1. The number of anilines is 1. The largest absolute Gasteiger partial charge is 0.392 e. The van der Waals surface area contributed by atoms with Gasteiger partial charge in [-0.15, -0.1) is 0 Å². The van der Waals surface area contributed by atoms with Crippen molar-refractivity contribution in [2.75, 3.05) is 11.9 Å². The third-order valence-electron chi connectivity index (χ3n) is 3.55. The molecule has 3 rings (SSSR count). The van der Waals surface area contributed by atoms with Gasteiger partial charge in [-0.2, -0.15) is 5.10 Å². The topological polar surface area (TPSA) is 96.0 Å². The van der Waals surface area contributed by atoms with Gasteiger partial charge in [-0.3, -0.25) is 5.10 Å². The molecule has 0 aliphatic carbocycles. The van der Waals surface area contributed by atoms with Crippen molar-refractivity contribution in [2.24, 2.45) is 0 Å². The van der Waals surface area contributed by atoms with Crippen molar-refractivity contribution in [3.8, 4) is 0 Å². The predicted molar refractivity (Wildman–Crippen MR) is 76.6 cm³/mol. The van der Waals surface area contributed by atoms with E-state index in [1.807, 2.05) is 19.1 Å². The summed E-state index contributed by atoms with van der Waals surface area (Å²) in [4.78, 5) is 8.54. The van der Waals surface area contributed by atoms with Crippen LogP contribution in [0.15, 0.2) is 18.5 Å². The number of hydrogen-bond acceptors (Lipinski definition) is 6. The lowest BCUT2D eigenvalue weighted by Crippen LogP contribution is -2.20. The number of nitrogens with one attached hydrogen (secondary N) is 2. The Bertz CT molecular complexity index is 587. The molecule has 2 aromatic heterocycles. The molecular formula is C14H19N5O2. The van der Waals surface area contributed by atoms with Gasteiger partial charge in [-0.1, -0.05) is 0 Å². The number of ether oxygens (including phenoxy) is 1. The van der Waals surface area contributed by atoms with E-state index in [9.17, 15) is 5.11 Å². The molecule has 1 saturated heterocycles. The fraction of sp³-hybridized carbons (Fsp3) is 0.500. The normalized spacial score (nSPS) is 21.6. The van der Waals surface area contributed by atoms with E-state index in [1.54, 1.807) is 0 Å². The predicted octanol–water partition coefficient (Wildman–Crippen LogP) is 1.33. The fourth-order valence-corrected chi connectivity index (χ4v) is 2.57. The summed E-state index contributed by atoms with van der Waals surface area (Å²) < 4.78 is 5.94. The molecule has 0 spiro atoms. The lowest BCUT2D eigenvalue weighted by molar-refractivity contribution is 0.0472. The van der Waals surface area contributed by atoms with E-state index in [4.69, 9.17) is 4.74 Å². The molecule has 2 atom stereocenters. The molecule has 0 radical (unpaired) electrons. The van der Waals surface area contributed by atoms with E-state index in [1.165, 1.54) is 6.33 Å². The summed E-state index contributed by atoms with van der Waals surface area (Å²) in [6.45, 7) is 2.62. The molecule has 112 valence electrons. The van der Waals surface area contributed by atoms with Gasteiger partial charge in [0, 0.05) is 12.2 Å². The Labute approximate surface area is 122 Å². The second kappa shape index (κ2) is 6.19. The van der Waals surface area contributed by atoms with E-state index >= 15 is 0 Å². The molecule has 0 unspecified atom stereocenters. The molecule has 7 nitrogen and oxygen atoms in total. The second-order valence-corrected chi connectivity index (χ2v) is 5.24. The monoisotopic (exact) mass is 289 g/mol. The minimum Gasteiger partial charge on any atom is -0.392 e. The van der Waals surface area contributed by atoms with Gasteiger partial charge in [0.15, 0.2) is 5.82 Å². The first-order chi connectivity index (χ1) is 10.2. The maximum Gasteiger partial charge on any atom is 0.153 e. The summed E-state index contributed by atoms with van der Waals surface area (Å²) in [6.07, 6.45) is 3.52. The van der Waals surface area contributed by atoms with Crippen molar-refractivity contribution in [2.45, 2.75) is 38.6 Å². The Morgan fingerprint density at radius 3 is 3.10 bits per heavy atom. The first-order valence-electron chi connectivity index (χ1n) is 7.07. The molecule has 0 aromatic carbocycles. The molecule has 0 saturated carbocycles. The number of hydrogen-bond donors (Lipinski definition) is 3. The summed E-state index contributed by atoms with van der Waals surface area (Å²) in [7, 11) is 0. The maximum atomic E-state index is 9.21. The Kier molecular flexibility index (Phi) is 4.12. The molecule has 1 fully saturated rings. The van der Waals surface area contributed by atoms with Crippen LogP contribution in [0, 0.1) is 6.92 Å². The lowest BCUT2D eigenvalue weighted by atomic mass is 10.2. The molecule has 7 heteroatoms. The fourth-order valence-electron chi connectivity index (χ4n) is 2.57. The van der Waals surface area contributed by atoms with Gasteiger partial charge in [0.25, 0.3) is 0 Å². The highest BCUT2D eigenvalue weighted by atomic mass is 16.5. The first-order valence-corrected chi connectivity index (χ1v) is 7.07. The van der Waals surface area contributed by atoms with Crippen LogP contribution in [0.25, 0.3) is 0 Å². The van der Waals surface area contributed by atoms with Crippen molar-refractivity contribution >= 4 is 5.82 Å². The number of pyridine rings is 1. The highest BCUT2D eigenvalue weighted by Gasteiger charge is 2.28. The van der Waals surface area contributed by atoms with Crippen LogP contribution in [0.4, 0.5) is 5.82 Å². The summed E-state index contributed by atoms with van der Waals surface area (Å²) >= 11 is 0.